The van der Waals surface area contributed by atoms with E-state index in [2.05, 4.69) is 5.32 Å². The molecule has 7 heteroatoms. The molecule has 1 aromatic carbocycles. The number of ether oxygens (including phenoxy) is 2. The zero-order chi connectivity index (χ0) is 18.9. The van der Waals surface area contributed by atoms with Crippen LogP contribution in [-0.4, -0.2) is 43.7 Å². The lowest BCUT2D eigenvalue weighted by atomic mass is 9.87. The van der Waals surface area contributed by atoms with Crippen LogP contribution in [0.15, 0.2) is 18.2 Å². The van der Waals surface area contributed by atoms with Crippen molar-refractivity contribution < 1.29 is 19.1 Å². The summed E-state index contributed by atoms with van der Waals surface area (Å²) in [5.41, 5.74) is 6.09. The van der Waals surface area contributed by atoms with Crippen LogP contribution in [0.5, 0.6) is 11.5 Å². The largest absolute Gasteiger partial charge is 0.486 e. The molecule has 0 saturated carbocycles. The van der Waals surface area contributed by atoms with Crippen LogP contribution in [0.3, 0.4) is 0 Å². The van der Waals surface area contributed by atoms with E-state index in [1.807, 2.05) is 26.8 Å². The number of benzene rings is 1. The summed E-state index contributed by atoms with van der Waals surface area (Å²) < 4.78 is 11.1. The second-order valence-corrected chi connectivity index (χ2v) is 7.50. The lowest BCUT2D eigenvalue weighted by Crippen LogP contribution is -2.56. The second kappa shape index (κ2) is 7.15. The number of carbonyl (C=O) groups excluding carboxylic acids is 2. The van der Waals surface area contributed by atoms with E-state index in [-0.39, 0.29) is 30.1 Å². The van der Waals surface area contributed by atoms with Crippen molar-refractivity contribution in [1.29, 1.82) is 0 Å². The van der Waals surface area contributed by atoms with Crippen LogP contribution in [0.2, 0.25) is 0 Å². The van der Waals surface area contributed by atoms with Gasteiger partial charge in [0, 0.05) is 31.3 Å². The van der Waals surface area contributed by atoms with Gasteiger partial charge in [0.1, 0.15) is 13.2 Å². The molecule has 7 nitrogen and oxygen atoms in total. The molecule has 1 saturated heterocycles. The third-order valence-corrected chi connectivity index (χ3v) is 5.44. The fourth-order valence-corrected chi connectivity index (χ4v) is 3.15. The Kier molecular flexibility index (Phi) is 5.09. The van der Waals surface area contributed by atoms with Crippen molar-refractivity contribution in [3.63, 3.8) is 0 Å². The highest BCUT2D eigenvalue weighted by Gasteiger charge is 2.38. The predicted molar refractivity (Wildman–Crippen MR) is 98.3 cm³/mol. The van der Waals surface area contributed by atoms with Gasteiger partial charge < -0.3 is 25.4 Å². The molecule has 26 heavy (non-hydrogen) atoms. The Morgan fingerprint density at radius 1 is 1.35 bits per heavy atom. The van der Waals surface area contributed by atoms with Crippen LogP contribution in [0.4, 0.5) is 5.69 Å². The lowest BCUT2D eigenvalue weighted by Gasteiger charge is -2.34. The van der Waals surface area contributed by atoms with E-state index in [1.165, 1.54) is 0 Å². The van der Waals surface area contributed by atoms with Crippen molar-refractivity contribution in [2.45, 2.75) is 32.7 Å². The van der Waals surface area contributed by atoms with Crippen molar-refractivity contribution in [3.05, 3.63) is 18.2 Å². The number of rotatable bonds is 5. The van der Waals surface area contributed by atoms with Gasteiger partial charge in [-0.2, -0.15) is 0 Å². The molecule has 0 aliphatic carbocycles. The van der Waals surface area contributed by atoms with Crippen LogP contribution in [0.1, 0.15) is 27.2 Å². The summed E-state index contributed by atoms with van der Waals surface area (Å²) in [7, 11) is 0. The topological polar surface area (TPSA) is 93.9 Å². The SMILES string of the molecule is CC(C)C(C)(CN)NC(=O)C1CC(=O)N(c2ccc3c(c2)OCCO3)C1. The third-order valence-electron chi connectivity index (χ3n) is 5.44. The van der Waals surface area contributed by atoms with Crippen molar-refractivity contribution >= 4 is 17.5 Å². The van der Waals surface area contributed by atoms with Gasteiger partial charge in [-0.25, -0.2) is 0 Å². The highest BCUT2D eigenvalue weighted by molar-refractivity contribution is 6.00. The molecule has 2 amide bonds. The van der Waals surface area contributed by atoms with Gasteiger partial charge in [-0.05, 0) is 25.0 Å². The standard InChI is InChI=1S/C19H27N3O4/c1-12(2)19(3,11-20)21-18(24)13-8-17(23)22(10-13)14-4-5-15-16(9-14)26-7-6-25-15/h4-5,9,12-13H,6-8,10-11,20H2,1-3H3,(H,21,24). The van der Waals surface area contributed by atoms with Gasteiger partial charge in [0.05, 0.1) is 11.5 Å². The van der Waals surface area contributed by atoms with Crippen LogP contribution < -0.4 is 25.4 Å². The van der Waals surface area contributed by atoms with E-state index < -0.39 is 5.54 Å². The summed E-state index contributed by atoms with van der Waals surface area (Å²) in [5, 5.41) is 3.04. The zero-order valence-electron chi connectivity index (χ0n) is 15.6. The van der Waals surface area contributed by atoms with Crippen LogP contribution in [0.25, 0.3) is 0 Å². The van der Waals surface area contributed by atoms with E-state index in [9.17, 15) is 9.59 Å². The van der Waals surface area contributed by atoms with Crippen molar-refractivity contribution in [2.24, 2.45) is 17.6 Å². The molecular formula is C19H27N3O4. The molecule has 0 bridgehead atoms. The van der Waals surface area contributed by atoms with Gasteiger partial charge in [0.25, 0.3) is 0 Å². The molecule has 142 valence electrons. The van der Waals surface area contributed by atoms with Crippen LogP contribution in [-0.2, 0) is 9.59 Å². The Morgan fingerprint density at radius 2 is 2.04 bits per heavy atom. The predicted octanol–water partition coefficient (Wildman–Crippen LogP) is 1.30. The number of nitrogens with two attached hydrogens (primary N) is 1. The molecule has 3 rings (SSSR count). The first kappa shape index (κ1) is 18.5. The zero-order valence-corrected chi connectivity index (χ0v) is 15.6. The molecule has 2 heterocycles. The summed E-state index contributed by atoms with van der Waals surface area (Å²) in [5.74, 6) is 0.921. The maximum atomic E-state index is 12.7. The number of hydrogen-bond acceptors (Lipinski definition) is 5. The first-order valence-corrected chi connectivity index (χ1v) is 9.06. The van der Waals surface area contributed by atoms with E-state index in [1.54, 1.807) is 17.0 Å². The monoisotopic (exact) mass is 361 g/mol. The number of hydrogen-bond donors (Lipinski definition) is 2. The number of nitrogens with one attached hydrogen (secondary N) is 1. The molecule has 0 aromatic heterocycles. The van der Waals surface area contributed by atoms with Crippen molar-refractivity contribution in [3.8, 4) is 11.5 Å². The summed E-state index contributed by atoms with van der Waals surface area (Å²) >= 11 is 0. The average molecular weight is 361 g/mol. The Hall–Kier alpha value is -2.28. The maximum absolute atomic E-state index is 12.7. The molecule has 2 unspecified atom stereocenters. The minimum Gasteiger partial charge on any atom is -0.486 e. The molecular weight excluding hydrogens is 334 g/mol. The summed E-state index contributed by atoms with van der Waals surface area (Å²) in [6, 6.07) is 5.42. The molecule has 2 aliphatic heterocycles. The van der Waals surface area contributed by atoms with Crippen LogP contribution >= 0.6 is 0 Å². The average Bonchev–Trinajstić information content (AvgIpc) is 3.03. The normalized spacial score (nSPS) is 21.7. The lowest BCUT2D eigenvalue weighted by molar-refractivity contribution is -0.128. The fraction of sp³-hybridized carbons (Fsp3) is 0.579. The van der Waals surface area contributed by atoms with Crippen LogP contribution in [0, 0.1) is 11.8 Å². The Bertz CT molecular complexity index is 706. The van der Waals surface area contributed by atoms with Gasteiger partial charge in [0.2, 0.25) is 11.8 Å². The van der Waals surface area contributed by atoms with Crippen molar-refractivity contribution in [2.75, 3.05) is 31.2 Å². The first-order valence-electron chi connectivity index (χ1n) is 9.06. The Balaban J connectivity index is 1.71. The molecule has 2 aliphatic rings. The van der Waals surface area contributed by atoms with E-state index in [4.69, 9.17) is 15.2 Å². The van der Waals surface area contributed by atoms with Gasteiger partial charge in [-0.15, -0.1) is 0 Å². The first-order chi connectivity index (χ1) is 12.3. The summed E-state index contributed by atoms with van der Waals surface area (Å²) in [6.45, 7) is 7.69. The highest BCUT2D eigenvalue weighted by Crippen LogP contribution is 2.36. The molecule has 1 aromatic rings. The number of anilines is 1. The Morgan fingerprint density at radius 3 is 2.69 bits per heavy atom. The summed E-state index contributed by atoms with van der Waals surface area (Å²) in [6.07, 6.45) is 0.193. The summed E-state index contributed by atoms with van der Waals surface area (Å²) in [4.78, 5) is 26.8. The molecule has 0 radical (unpaired) electrons. The number of amides is 2. The molecule has 0 spiro atoms. The van der Waals surface area contributed by atoms with E-state index in [0.29, 0.717) is 37.8 Å². The minimum atomic E-state index is -0.482. The fourth-order valence-electron chi connectivity index (χ4n) is 3.15. The quantitative estimate of drug-likeness (QED) is 0.824. The second-order valence-electron chi connectivity index (χ2n) is 7.50. The number of carbonyl (C=O) groups is 2. The molecule has 2 atom stereocenters. The number of fused-ring (bicyclic) bond motifs is 1. The van der Waals surface area contributed by atoms with Gasteiger partial charge >= 0.3 is 0 Å². The van der Waals surface area contributed by atoms with Crippen molar-refractivity contribution in [1.82, 2.24) is 5.32 Å². The Labute approximate surface area is 153 Å². The van der Waals surface area contributed by atoms with E-state index >= 15 is 0 Å². The van der Waals surface area contributed by atoms with E-state index in [0.717, 1.165) is 5.69 Å². The minimum absolute atomic E-state index is 0.0687. The molecule has 1 fully saturated rings. The van der Waals surface area contributed by atoms with Gasteiger partial charge in [-0.3, -0.25) is 9.59 Å². The number of nitrogens with zero attached hydrogens (tertiary/aromatic N) is 1. The maximum Gasteiger partial charge on any atom is 0.227 e. The highest BCUT2D eigenvalue weighted by atomic mass is 16.6. The smallest absolute Gasteiger partial charge is 0.227 e. The molecule has 3 N–H and O–H groups in total. The third kappa shape index (κ3) is 3.49. The van der Waals surface area contributed by atoms with Gasteiger partial charge in [-0.1, -0.05) is 13.8 Å². The van der Waals surface area contributed by atoms with Gasteiger partial charge in [0.15, 0.2) is 11.5 Å².